The van der Waals surface area contributed by atoms with Crippen LogP contribution in [0.15, 0.2) is 53.4 Å². The van der Waals surface area contributed by atoms with Crippen molar-refractivity contribution >= 4 is 39.2 Å². The van der Waals surface area contributed by atoms with Crippen molar-refractivity contribution in [1.29, 1.82) is 0 Å². The first-order chi connectivity index (χ1) is 12.3. The number of carbonyl (C=O) groups excluding carboxylic acids is 2. The minimum atomic E-state index is -3.74. The van der Waals surface area contributed by atoms with Crippen molar-refractivity contribution in [2.45, 2.75) is 4.90 Å². The van der Waals surface area contributed by atoms with E-state index in [9.17, 15) is 18.0 Å². The molecule has 0 bridgehead atoms. The fourth-order valence-corrected chi connectivity index (χ4v) is 2.99. The van der Waals surface area contributed by atoms with E-state index in [1.54, 1.807) is 31.3 Å². The standard InChI is InChI=1S/C17H17ClN2O5S/c1-19-26(23,24)13-8-9-15(18)14(10-13)17(22)25-11-16(21)20(2)12-6-4-3-5-7-12/h3-10,19H,11H2,1-2H3. The summed E-state index contributed by atoms with van der Waals surface area (Å²) in [6.07, 6.45) is 0. The summed E-state index contributed by atoms with van der Waals surface area (Å²) in [6.45, 7) is -0.510. The molecule has 0 atom stereocenters. The molecule has 0 aromatic heterocycles. The number of benzene rings is 2. The van der Waals surface area contributed by atoms with E-state index in [2.05, 4.69) is 4.72 Å². The van der Waals surface area contributed by atoms with E-state index in [1.807, 2.05) is 6.07 Å². The molecule has 9 heteroatoms. The molecular weight excluding hydrogens is 380 g/mol. The van der Waals surface area contributed by atoms with Crippen molar-refractivity contribution in [2.75, 3.05) is 25.6 Å². The third-order valence-electron chi connectivity index (χ3n) is 3.58. The fraction of sp³-hybridized carbons (Fsp3) is 0.176. The number of nitrogens with zero attached hydrogens (tertiary/aromatic N) is 1. The summed E-state index contributed by atoms with van der Waals surface area (Å²) in [5, 5.41) is 0.0221. The third-order valence-corrected chi connectivity index (χ3v) is 5.32. The Morgan fingerprint density at radius 1 is 1.15 bits per heavy atom. The first-order valence-corrected chi connectivity index (χ1v) is 9.34. The molecule has 0 heterocycles. The Morgan fingerprint density at radius 3 is 2.42 bits per heavy atom. The molecule has 26 heavy (non-hydrogen) atoms. The summed E-state index contributed by atoms with van der Waals surface area (Å²) in [7, 11) is -0.939. The van der Waals surface area contributed by atoms with Crippen LogP contribution in [0.1, 0.15) is 10.4 Å². The Balaban J connectivity index is 2.10. The number of para-hydroxylation sites is 1. The van der Waals surface area contributed by atoms with Gasteiger partial charge in [-0.25, -0.2) is 17.9 Å². The van der Waals surface area contributed by atoms with Gasteiger partial charge in [-0.3, -0.25) is 4.79 Å². The summed E-state index contributed by atoms with van der Waals surface area (Å²) in [4.78, 5) is 25.6. The molecule has 138 valence electrons. The minimum absolute atomic E-state index is 0.0221. The second-order valence-corrected chi connectivity index (χ2v) is 7.51. The lowest BCUT2D eigenvalue weighted by Gasteiger charge is -2.17. The molecule has 0 spiro atoms. The highest BCUT2D eigenvalue weighted by Gasteiger charge is 2.20. The number of halogens is 1. The first kappa shape index (κ1) is 19.9. The minimum Gasteiger partial charge on any atom is -0.452 e. The van der Waals surface area contributed by atoms with Crippen LogP contribution in [0.4, 0.5) is 5.69 Å². The Kier molecular flexibility index (Phi) is 6.36. The largest absolute Gasteiger partial charge is 0.452 e. The Morgan fingerprint density at radius 2 is 1.81 bits per heavy atom. The molecule has 0 aliphatic carbocycles. The molecule has 2 rings (SSSR count). The molecule has 2 aromatic rings. The number of rotatable bonds is 6. The Hall–Kier alpha value is -2.42. The summed E-state index contributed by atoms with van der Waals surface area (Å²) < 4.78 is 30.8. The molecule has 0 unspecified atom stereocenters. The predicted molar refractivity (Wildman–Crippen MR) is 97.8 cm³/mol. The zero-order chi connectivity index (χ0) is 19.3. The van der Waals surface area contributed by atoms with Crippen molar-refractivity contribution in [3.63, 3.8) is 0 Å². The van der Waals surface area contributed by atoms with Gasteiger partial charge in [0.2, 0.25) is 10.0 Å². The number of nitrogens with one attached hydrogen (secondary N) is 1. The van der Waals surface area contributed by atoms with E-state index in [0.717, 1.165) is 6.07 Å². The number of esters is 1. The van der Waals surface area contributed by atoms with Gasteiger partial charge in [-0.15, -0.1) is 0 Å². The van der Waals surface area contributed by atoms with Crippen molar-refractivity contribution in [3.05, 3.63) is 59.1 Å². The van der Waals surface area contributed by atoms with Crippen LogP contribution in [-0.2, 0) is 19.6 Å². The molecule has 0 fully saturated rings. The van der Waals surface area contributed by atoms with Gasteiger partial charge in [0, 0.05) is 12.7 Å². The molecule has 1 amide bonds. The van der Waals surface area contributed by atoms with Crippen LogP contribution in [0, 0.1) is 0 Å². The van der Waals surface area contributed by atoms with Gasteiger partial charge in [-0.2, -0.15) is 0 Å². The Labute approximate surface area is 156 Å². The van der Waals surface area contributed by atoms with Crippen LogP contribution in [0.2, 0.25) is 5.02 Å². The predicted octanol–water partition coefficient (Wildman–Crippen LogP) is 2.07. The number of carbonyl (C=O) groups is 2. The summed E-state index contributed by atoms with van der Waals surface area (Å²) >= 11 is 5.95. The van der Waals surface area contributed by atoms with Crippen molar-refractivity contribution in [3.8, 4) is 0 Å². The average molecular weight is 397 g/mol. The van der Waals surface area contributed by atoms with Crippen LogP contribution < -0.4 is 9.62 Å². The van der Waals surface area contributed by atoms with Gasteiger partial charge in [0.25, 0.3) is 5.91 Å². The zero-order valence-electron chi connectivity index (χ0n) is 14.1. The quantitative estimate of drug-likeness (QED) is 0.754. The van der Waals surface area contributed by atoms with Crippen molar-refractivity contribution in [2.24, 2.45) is 0 Å². The molecule has 0 aliphatic rings. The lowest BCUT2D eigenvalue weighted by molar-refractivity contribution is -0.121. The van der Waals surface area contributed by atoms with E-state index in [1.165, 1.54) is 24.1 Å². The SMILES string of the molecule is CNS(=O)(=O)c1ccc(Cl)c(C(=O)OCC(=O)N(C)c2ccccc2)c1. The van der Waals surface area contributed by atoms with E-state index in [-0.39, 0.29) is 15.5 Å². The highest BCUT2D eigenvalue weighted by molar-refractivity contribution is 7.89. The smallest absolute Gasteiger partial charge is 0.340 e. The normalized spacial score (nSPS) is 11.0. The van der Waals surface area contributed by atoms with E-state index >= 15 is 0 Å². The maximum atomic E-state index is 12.2. The Bertz CT molecular complexity index is 916. The summed E-state index contributed by atoms with van der Waals surface area (Å²) in [5.74, 6) is -1.34. The highest BCUT2D eigenvalue weighted by Crippen LogP contribution is 2.21. The highest BCUT2D eigenvalue weighted by atomic mass is 35.5. The van der Waals surface area contributed by atoms with Gasteiger partial charge in [0.15, 0.2) is 6.61 Å². The van der Waals surface area contributed by atoms with Gasteiger partial charge in [-0.1, -0.05) is 29.8 Å². The van der Waals surface area contributed by atoms with Gasteiger partial charge in [-0.05, 0) is 37.4 Å². The number of anilines is 1. The zero-order valence-corrected chi connectivity index (χ0v) is 15.7. The molecular formula is C17H17ClN2O5S. The fourth-order valence-electron chi connectivity index (χ4n) is 2.04. The number of hydrogen-bond donors (Lipinski definition) is 1. The van der Waals surface area contributed by atoms with Crippen LogP contribution in [0.25, 0.3) is 0 Å². The lowest BCUT2D eigenvalue weighted by atomic mass is 10.2. The average Bonchev–Trinajstić information content (AvgIpc) is 2.66. The second kappa shape index (κ2) is 8.31. The maximum Gasteiger partial charge on any atom is 0.340 e. The van der Waals surface area contributed by atoms with Gasteiger partial charge >= 0.3 is 5.97 Å². The van der Waals surface area contributed by atoms with Crippen LogP contribution >= 0.6 is 11.6 Å². The van der Waals surface area contributed by atoms with E-state index < -0.39 is 28.5 Å². The molecule has 0 radical (unpaired) electrons. The summed E-state index contributed by atoms with van der Waals surface area (Å²) in [5.41, 5.74) is 0.506. The number of likely N-dealkylation sites (N-methyl/N-ethyl adjacent to an activating group) is 1. The number of sulfonamides is 1. The summed E-state index contributed by atoms with van der Waals surface area (Å²) in [6, 6.07) is 12.5. The van der Waals surface area contributed by atoms with Gasteiger partial charge < -0.3 is 9.64 Å². The van der Waals surface area contributed by atoms with Crippen LogP contribution in [0.3, 0.4) is 0 Å². The van der Waals surface area contributed by atoms with E-state index in [0.29, 0.717) is 5.69 Å². The maximum absolute atomic E-state index is 12.2. The molecule has 1 N–H and O–H groups in total. The van der Waals surface area contributed by atoms with Gasteiger partial charge in [0.05, 0.1) is 15.5 Å². The van der Waals surface area contributed by atoms with Crippen molar-refractivity contribution in [1.82, 2.24) is 4.72 Å². The third kappa shape index (κ3) is 4.60. The molecule has 2 aromatic carbocycles. The molecule has 0 saturated carbocycles. The van der Waals surface area contributed by atoms with E-state index in [4.69, 9.17) is 16.3 Å². The molecule has 0 aliphatic heterocycles. The van der Waals surface area contributed by atoms with Crippen LogP contribution in [0.5, 0.6) is 0 Å². The van der Waals surface area contributed by atoms with Crippen LogP contribution in [-0.4, -0.2) is 41.0 Å². The number of hydrogen-bond acceptors (Lipinski definition) is 5. The molecule has 0 saturated heterocycles. The number of amides is 1. The van der Waals surface area contributed by atoms with Crippen molar-refractivity contribution < 1.29 is 22.7 Å². The lowest BCUT2D eigenvalue weighted by Crippen LogP contribution is -2.31. The second-order valence-electron chi connectivity index (χ2n) is 5.21. The number of ether oxygens (including phenoxy) is 1. The topological polar surface area (TPSA) is 92.8 Å². The van der Waals surface area contributed by atoms with Gasteiger partial charge in [0.1, 0.15) is 0 Å². The first-order valence-electron chi connectivity index (χ1n) is 7.48. The molecule has 7 nitrogen and oxygen atoms in total. The monoisotopic (exact) mass is 396 g/mol.